The Morgan fingerprint density at radius 1 is 0.783 bits per heavy atom. The summed E-state index contributed by atoms with van der Waals surface area (Å²) in [5.41, 5.74) is 1.10. The van der Waals surface area contributed by atoms with Crippen LogP contribution in [0.1, 0.15) is 76.7 Å². The minimum atomic E-state index is -4.31. The van der Waals surface area contributed by atoms with Gasteiger partial charge in [0.05, 0.1) is 4.90 Å². The van der Waals surface area contributed by atoms with Crippen LogP contribution < -0.4 is 51.4 Å². The van der Waals surface area contributed by atoms with Crippen molar-refractivity contribution < 1.29 is 64.4 Å². The molecule has 0 N–H and O–H groups in total. The minimum Gasteiger partial charge on any atom is -0.744 e. The van der Waals surface area contributed by atoms with Crippen LogP contribution in [-0.4, -0.2) is 13.0 Å². The summed E-state index contributed by atoms with van der Waals surface area (Å²) in [5, 5.41) is 0. The molecule has 0 saturated carbocycles. The van der Waals surface area contributed by atoms with E-state index >= 15 is 0 Å². The van der Waals surface area contributed by atoms with Gasteiger partial charge in [0.1, 0.15) is 10.1 Å². The van der Waals surface area contributed by atoms with E-state index in [2.05, 4.69) is 6.92 Å². The van der Waals surface area contributed by atoms with E-state index in [1.807, 2.05) is 0 Å². The summed E-state index contributed by atoms with van der Waals surface area (Å²) in [6, 6.07) is 6.32. The second kappa shape index (κ2) is 14.0. The first-order valence-electron chi connectivity index (χ1n) is 8.59. The molecule has 0 aliphatic rings. The zero-order valence-corrected chi connectivity index (χ0v) is 18.7. The molecule has 0 aliphatic carbocycles. The van der Waals surface area contributed by atoms with Crippen LogP contribution in [0.25, 0.3) is 0 Å². The molecule has 1 aromatic carbocycles. The molecule has 1 aromatic rings. The van der Waals surface area contributed by atoms with Gasteiger partial charge in [0.25, 0.3) is 0 Å². The van der Waals surface area contributed by atoms with Gasteiger partial charge < -0.3 is 4.55 Å². The summed E-state index contributed by atoms with van der Waals surface area (Å²) in [5.74, 6) is 0. The van der Waals surface area contributed by atoms with Crippen molar-refractivity contribution in [2.24, 2.45) is 0 Å². The summed E-state index contributed by atoms with van der Waals surface area (Å²) in [4.78, 5) is -0.140. The molecule has 0 radical (unpaired) electrons. The Hall–Kier alpha value is 0.766. The molecule has 0 fully saturated rings. The Bertz CT molecular complexity index is 498. The Labute approximate surface area is 184 Å². The number of aryl methyl sites for hydroxylation is 1. The molecule has 1 rings (SSSR count). The zero-order valence-electron chi connectivity index (χ0n) is 14.7. The molecule has 0 spiro atoms. The topological polar surface area (TPSA) is 57.2 Å². The quantitative estimate of drug-likeness (QED) is 0.324. The Morgan fingerprint density at radius 2 is 1.22 bits per heavy atom. The van der Waals surface area contributed by atoms with Gasteiger partial charge >= 0.3 is 51.4 Å². The molecular weight excluding hydrogens is 335 g/mol. The molecular formula is C18H29KO3S. The van der Waals surface area contributed by atoms with Gasteiger partial charge in [0.15, 0.2) is 0 Å². The van der Waals surface area contributed by atoms with E-state index < -0.39 is 10.1 Å². The van der Waals surface area contributed by atoms with Gasteiger partial charge in [-0.15, -0.1) is 0 Å². The predicted octanol–water partition coefficient (Wildman–Crippen LogP) is 2.06. The molecule has 0 saturated heterocycles. The van der Waals surface area contributed by atoms with Crippen LogP contribution >= 0.6 is 0 Å². The van der Waals surface area contributed by atoms with Crippen molar-refractivity contribution in [1.29, 1.82) is 0 Å². The van der Waals surface area contributed by atoms with E-state index in [4.69, 9.17) is 0 Å². The molecule has 126 valence electrons. The second-order valence-corrected chi connectivity index (χ2v) is 7.41. The number of unbranched alkanes of at least 4 members (excludes halogenated alkanes) is 9. The number of hydrogen-bond acceptors (Lipinski definition) is 3. The van der Waals surface area contributed by atoms with Crippen molar-refractivity contribution in [1.82, 2.24) is 0 Å². The number of hydrogen-bond donors (Lipinski definition) is 0. The second-order valence-electron chi connectivity index (χ2n) is 6.03. The van der Waals surface area contributed by atoms with Crippen LogP contribution in [0.3, 0.4) is 0 Å². The van der Waals surface area contributed by atoms with Crippen LogP contribution in [-0.2, 0) is 16.5 Å². The molecule has 0 aliphatic heterocycles. The van der Waals surface area contributed by atoms with Crippen LogP contribution in [0.4, 0.5) is 0 Å². The van der Waals surface area contributed by atoms with E-state index in [0.717, 1.165) is 18.4 Å². The van der Waals surface area contributed by atoms with E-state index in [1.54, 1.807) is 12.1 Å². The van der Waals surface area contributed by atoms with E-state index in [1.165, 1.54) is 69.9 Å². The number of benzene rings is 1. The molecule has 0 heterocycles. The maximum atomic E-state index is 10.8. The first kappa shape index (κ1) is 23.8. The minimum absolute atomic E-state index is 0. The van der Waals surface area contributed by atoms with Gasteiger partial charge in [-0.2, -0.15) is 0 Å². The van der Waals surface area contributed by atoms with Crippen LogP contribution in [0.15, 0.2) is 29.2 Å². The summed E-state index contributed by atoms with van der Waals surface area (Å²) < 4.78 is 32.5. The first-order valence-corrected chi connectivity index (χ1v) is 9.99. The van der Waals surface area contributed by atoms with Gasteiger partial charge in [0, 0.05) is 0 Å². The maximum Gasteiger partial charge on any atom is 1.00 e. The molecule has 3 nitrogen and oxygen atoms in total. The fraction of sp³-hybridized carbons (Fsp3) is 0.667. The fourth-order valence-corrected chi connectivity index (χ4v) is 3.11. The predicted molar refractivity (Wildman–Crippen MR) is 90.0 cm³/mol. The van der Waals surface area contributed by atoms with Crippen LogP contribution in [0.2, 0.25) is 0 Å². The molecule has 5 heteroatoms. The zero-order chi connectivity index (χ0) is 16.3. The third-order valence-corrected chi connectivity index (χ3v) is 4.88. The van der Waals surface area contributed by atoms with Crippen LogP contribution in [0.5, 0.6) is 0 Å². The maximum absolute atomic E-state index is 10.8. The monoisotopic (exact) mass is 364 g/mol. The molecule has 0 bridgehead atoms. The van der Waals surface area contributed by atoms with Crippen molar-refractivity contribution in [2.45, 2.75) is 82.4 Å². The summed E-state index contributed by atoms with van der Waals surface area (Å²) in [7, 11) is -4.31. The van der Waals surface area contributed by atoms with Crippen LogP contribution in [0, 0.1) is 0 Å². The van der Waals surface area contributed by atoms with Crippen molar-refractivity contribution in [2.75, 3.05) is 0 Å². The Balaban J connectivity index is 0.00000484. The molecule has 0 atom stereocenters. The standard InChI is InChI=1S/C18H30O3S.K/c1-2-3-4-5-6-7-8-9-10-11-12-17-13-15-18(16-14-17)22(19,20)21;/h13-16H,2-12H2,1H3,(H,19,20,21);/q;+1/p-1. The average molecular weight is 365 g/mol. The van der Waals surface area contributed by atoms with Crippen molar-refractivity contribution in [3.63, 3.8) is 0 Å². The Morgan fingerprint density at radius 3 is 1.65 bits per heavy atom. The summed E-state index contributed by atoms with van der Waals surface area (Å²) in [6.45, 7) is 2.24. The van der Waals surface area contributed by atoms with Gasteiger partial charge in [-0.3, -0.25) is 0 Å². The fourth-order valence-electron chi connectivity index (χ4n) is 2.64. The van der Waals surface area contributed by atoms with E-state index in [-0.39, 0.29) is 56.3 Å². The van der Waals surface area contributed by atoms with E-state index in [0.29, 0.717) is 0 Å². The molecule has 0 amide bonds. The third-order valence-electron chi connectivity index (χ3n) is 4.03. The van der Waals surface area contributed by atoms with Gasteiger partial charge in [-0.25, -0.2) is 8.42 Å². The SMILES string of the molecule is CCCCCCCCCCCCc1ccc(S(=O)(=O)[O-])cc1.[K+]. The van der Waals surface area contributed by atoms with Gasteiger partial charge in [0.2, 0.25) is 0 Å². The summed E-state index contributed by atoms with van der Waals surface area (Å²) >= 11 is 0. The average Bonchev–Trinajstić information content (AvgIpc) is 2.49. The molecule has 23 heavy (non-hydrogen) atoms. The number of rotatable bonds is 12. The van der Waals surface area contributed by atoms with E-state index in [9.17, 15) is 13.0 Å². The smallest absolute Gasteiger partial charge is 0.744 e. The van der Waals surface area contributed by atoms with Crippen molar-refractivity contribution in [3.8, 4) is 0 Å². The van der Waals surface area contributed by atoms with Gasteiger partial charge in [-0.1, -0.05) is 76.8 Å². The molecule has 0 unspecified atom stereocenters. The third kappa shape index (κ3) is 11.9. The normalized spacial score (nSPS) is 11.2. The summed E-state index contributed by atoms with van der Waals surface area (Å²) in [6.07, 6.45) is 14.0. The van der Waals surface area contributed by atoms with Crippen molar-refractivity contribution >= 4 is 10.1 Å². The largest absolute Gasteiger partial charge is 1.00 e. The van der Waals surface area contributed by atoms with Gasteiger partial charge in [-0.05, 0) is 30.5 Å². The molecule has 0 aromatic heterocycles. The first-order chi connectivity index (χ1) is 10.5. The Kier molecular flexibility index (Phi) is 14.5. The van der Waals surface area contributed by atoms with Crippen molar-refractivity contribution in [3.05, 3.63) is 29.8 Å².